The average Bonchev–Trinajstić information content (AvgIpc) is 3.20. The fourth-order valence-electron chi connectivity index (χ4n) is 3.11. The molecule has 0 saturated carbocycles. The van der Waals surface area contributed by atoms with Crippen LogP contribution in [0.3, 0.4) is 0 Å². The number of hydrogen-bond donors (Lipinski definition) is 3. The van der Waals surface area contributed by atoms with Crippen molar-refractivity contribution < 1.29 is 10.2 Å². The van der Waals surface area contributed by atoms with Gasteiger partial charge in [-0.1, -0.05) is 11.6 Å². The Morgan fingerprint density at radius 3 is 2.84 bits per heavy atom. The molecule has 0 bridgehead atoms. The molecule has 3 N–H and O–H groups in total. The molecule has 0 amide bonds. The molecule has 25 heavy (non-hydrogen) atoms. The molecule has 1 aliphatic rings. The van der Waals surface area contributed by atoms with Crippen LogP contribution in [-0.4, -0.2) is 49.6 Å². The normalized spacial score (nSPS) is 17.2. The summed E-state index contributed by atoms with van der Waals surface area (Å²) in [6, 6.07) is 6.62. The van der Waals surface area contributed by atoms with Crippen LogP contribution in [0, 0.1) is 0 Å². The quantitative estimate of drug-likeness (QED) is 0.666. The number of aromatic amines is 1. The van der Waals surface area contributed by atoms with E-state index in [1.54, 1.807) is 24.4 Å². The zero-order chi connectivity index (χ0) is 17.4. The number of aliphatic hydroxyl groups excluding tert-OH is 1. The molecule has 1 aromatic carbocycles. The minimum Gasteiger partial charge on any atom is -0.508 e. The number of aromatic hydroxyl groups is 1. The molecule has 3 heterocycles. The van der Waals surface area contributed by atoms with Crippen molar-refractivity contribution in [3.63, 3.8) is 0 Å². The molecule has 0 aliphatic carbocycles. The number of aromatic nitrogens is 4. The van der Waals surface area contributed by atoms with Crippen LogP contribution in [-0.2, 0) is 0 Å². The van der Waals surface area contributed by atoms with E-state index in [0.29, 0.717) is 34.9 Å². The van der Waals surface area contributed by atoms with Crippen molar-refractivity contribution in [1.29, 1.82) is 0 Å². The molecule has 128 valence electrons. The Bertz CT molecular complexity index is 879. The standard InChI is InChI=1S/C17H16ClN5O2/c18-11-5-10(6-13(25)7-11)16-15(14-1-3-19-9-20-14)17(22-21-16)23-4-2-12(24)8-23/h1,3,5-7,9,12,24-25H,2,4,8H2,(H,21,22). The average molecular weight is 358 g/mol. The molecular weight excluding hydrogens is 342 g/mol. The van der Waals surface area contributed by atoms with Gasteiger partial charge in [0.2, 0.25) is 0 Å². The van der Waals surface area contributed by atoms with E-state index in [0.717, 1.165) is 17.9 Å². The molecule has 1 fully saturated rings. The molecule has 3 aromatic rings. The highest BCUT2D eigenvalue weighted by molar-refractivity contribution is 6.31. The van der Waals surface area contributed by atoms with Crippen LogP contribution < -0.4 is 4.90 Å². The van der Waals surface area contributed by atoms with Crippen molar-refractivity contribution in [3.8, 4) is 28.3 Å². The first-order chi connectivity index (χ1) is 12.1. The monoisotopic (exact) mass is 357 g/mol. The maximum atomic E-state index is 9.88. The molecule has 1 aliphatic heterocycles. The number of hydrogen-bond acceptors (Lipinski definition) is 6. The Hall–Kier alpha value is -2.64. The van der Waals surface area contributed by atoms with Gasteiger partial charge in [0.1, 0.15) is 23.6 Å². The number of aliphatic hydroxyl groups is 1. The second-order valence-electron chi connectivity index (χ2n) is 5.98. The second kappa shape index (κ2) is 6.34. The Kier molecular flexibility index (Phi) is 4.03. The second-order valence-corrected chi connectivity index (χ2v) is 6.41. The first-order valence-electron chi connectivity index (χ1n) is 7.89. The van der Waals surface area contributed by atoms with Crippen LogP contribution in [0.15, 0.2) is 36.8 Å². The lowest BCUT2D eigenvalue weighted by Crippen LogP contribution is -2.22. The zero-order valence-corrected chi connectivity index (χ0v) is 14.0. The predicted octanol–water partition coefficient (Wildman–Crippen LogP) is 2.46. The Morgan fingerprint density at radius 2 is 2.16 bits per heavy atom. The summed E-state index contributed by atoms with van der Waals surface area (Å²) in [6.45, 7) is 1.25. The number of halogens is 1. The number of benzene rings is 1. The summed E-state index contributed by atoms with van der Waals surface area (Å²) in [4.78, 5) is 10.4. The van der Waals surface area contributed by atoms with Crippen molar-refractivity contribution in [1.82, 2.24) is 20.2 Å². The van der Waals surface area contributed by atoms with Gasteiger partial charge >= 0.3 is 0 Å². The van der Waals surface area contributed by atoms with Gasteiger partial charge in [0.25, 0.3) is 0 Å². The fourth-order valence-corrected chi connectivity index (χ4v) is 3.34. The number of H-pyrrole nitrogens is 1. The maximum absolute atomic E-state index is 9.88. The molecule has 4 rings (SSSR count). The summed E-state index contributed by atoms with van der Waals surface area (Å²) in [5.41, 5.74) is 2.81. The summed E-state index contributed by atoms with van der Waals surface area (Å²) in [6.07, 6.45) is 3.48. The number of nitrogens with zero attached hydrogens (tertiary/aromatic N) is 4. The van der Waals surface area contributed by atoms with Crippen molar-refractivity contribution in [2.75, 3.05) is 18.0 Å². The molecule has 1 saturated heterocycles. The van der Waals surface area contributed by atoms with Gasteiger partial charge in [-0.05, 0) is 30.7 Å². The van der Waals surface area contributed by atoms with E-state index >= 15 is 0 Å². The predicted molar refractivity (Wildman–Crippen MR) is 94.6 cm³/mol. The molecule has 0 radical (unpaired) electrons. The van der Waals surface area contributed by atoms with Crippen LogP contribution in [0.1, 0.15) is 6.42 Å². The van der Waals surface area contributed by atoms with Crippen LogP contribution in [0.4, 0.5) is 5.82 Å². The maximum Gasteiger partial charge on any atom is 0.134 e. The summed E-state index contributed by atoms with van der Waals surface area (Å²) in [7, 11) is 0. The number of phenols is 1. The lowest BCUT2D eigenvalue weighted by molar-refractivity contribution is 0.198. The van der Waals surface area contributed by atoms with E-state index in [4.69, 9.17) is 11.6 Å². The summed E-state index contributed by atoms with van der Waals surface area (Å²) in [5, 5.41) is 27.7. The third-order valence-corrected chi connectivity index (χ3v) is 4.44. The molecule has 2 aromatic heterocycles. The van der Waals surface area contributed by atoms with Gasteiger partial charge in [-0.15, -0.1) is 0 Å². The topological polar surface area (TPSA) is 98.2 Å². The van der Waals surface area contributed by atoms with E-state index in [9.17, 15) is 10.2 Å². The number of β-amino-alcohol motifs (C(OH)–C–C–N with tert-alkyl or cyclic N) is 1. The van der Waals surface area contributed by atoms with E-state index in [1.807, 2.05) is 4.90 Å². The van der Waals surface area contributed by atoms with Gasteiger partial charge in [-0.25, -0.2) is 9.97 Å². The van der Waals surface area contributed by atoms with Gasteiger partial charge in [0.05, 0.1) is 17.4 Å². The minimum absolute atomic E-state index is 0.0669. The van der Waals surface area contributed by atoms with Gasteiger partial charge in [0, 0.05) is 29.9 Å². The van der Waals surface area contributed by atoms with Crippen molar-refractivity contribution in [3.05, 3.63) is 41.8 Å². The molecule has 1 unspecified atom stereocenters. The molecule has 0 spiro atoms. The van der Waals surface area contributed by atoms with Crippen molar-refractivity contribution in [2.45, 2.75) is 12.5 Å². The van der Waals surface area contributed by atoms with Crippen LogP contribution in [0.5, 0.6) is 5.75 Å². The van der Waals surface area contributed by atoms with E-state index in [-0.39, 0.29) is 11.9 Å². The Labute approximate surface area is 148 Å². The number of rotatable bonds is 3. The summed E-state index contributed by atoms with van der Waals surface area (Å²) >= 11 is 6.08. The van der Waals surface area contributed by atoms with Crippen LogP contribution >= 0.6 is 11.6 Å². The number of phenolic OH excluding ortho intramolecular Hbond substituents is 1. The highest BCUT2D eigenvalue weighted by atomic mass is 35.5. The lowest BCUT2D eigenvalue weighted by Gasteiger charge is -2.17. The Balaban J connectivity index is 1.89. The van der Waals surface area contributed by atoms with E-state index < -0.39 is 0 Å². The number of nitrogens with one attached hydrogen (secondary N) is 1. The zero-order valence-electron chi connectivity index (χ0n) is 13.2. The van der Waals surface area contributed by atoms with E-state index in [2.05, 4.69) is 20.2 Å². The SMILES string of the molecule is Oc1cc(Cl)cc(-c2n[nH]c(N3CCC(O)C3)c2-c2ccncn2)c1. The first-order valence-corrected chi connectivity index (χ1v) is 8.27. The van der Waals surface area contributed by atoms with Crippen LogP contribution in [0.2, 0.25) is 5.02 Å². The fraction of sp³-hybridized carbons (Fsp3) is 0.235. The molecular formula is C17H16ClN5O2. The number of anilines is 1. The summed E-state index contributed by atoms with van der Waals surface area (Å²) < 4.78 is 0. The van der Waals surface area contributed by atoms with Crippen molar-refractivity contribution >= 4 is 17.4 Å². The minimum atomic E-state index is -0.361. The van der Waals surface area contributed by atoms with Crippen molar-refractivity contribution in [2.24, 2.45) is 0 Å². The summed E-state index contributed by atoms with van der Waals surface area (Å²) in [5.74, 6) is 0.849. The molecule has 1 atom stereocenters. The highest BCUT2D eigenvalue weighted by Gasteiger charge is 2.27. The van der Waals surface area contributed by atoms with Gasteiger partial charge in [0.15, 0.2) is 0 Å². The van der Waals surface area contributed by atoms with Gasteiger partial charge < -0.3 is 15.1 Å². The Morgan fingerprint density at radius 1 is 1.28 bits per heavy atom. The third kappa shape index (κ3) is 3.04. The van der Waals surface area contributed by atoms with Gasteiger partial charge in [-0.2, -0.15) is 5.10 Å². The first kappa shape index (κ1) is 15.9. The smallest absolute Gasteiger partial charge is 0.134 e. The van der Waals surface area contributed by atoms with E-state index in [1.165, 1.54) is 12.4 Å². The third-order valence-electron chi connectivity index (χ3n) is 4.22. The molecule has 8 heteroatoms. The molecule has 7 nitrogen and oxygen atoms in total. The van der Waals surface area contributed by atoms with Gasteiger partial charge in [-0.3, -0.25) is 5.10 Å². The van der Waals surface area contributed by atoms with Crippen LogP contribution in [0.25, 0.3) is 22.5 Å². The lowest BCUT2D eigenvalue weighted by atomic mass is 10.0. The largest absolute Gasteiger partial charge is 0.508 e. The highest BCUT2D eigenvalue weighted by Crippen LogP contribution is 2.39.